The number of nitrogens with zero attached hydrogens (tertiary/aromatic N) is 2. The highest BCUT2D eigenvalue weighted by atomic mass is 16.5. The molecule has 1 atom stereocenters. The van der Waals surface area contributed by atoms with Gasteiger partial charge in [0.05, 0.1) is 19.3 Å². The van der Waals surface area contributed by atoms with E-state index in [-0.39, 0.29) is 18.7 Å². The average Bonchev–Trinajstić information content (AvgIpc) is 2.52. The van der Waals surface area contributed by atoms with Gasteiger partial charge in [0.25, 0.3) is 0 Å². The number of rotatable bonds is 6. The Bertz CT molecular complexity index is 523. The van der Waals surface area contributed by atoms with Crippen molar-refractivity contribution in [2.24, 2.45) is 5.73 Å². The summed E-state index contributed by atoms with van der Waals surface area (Å²) < 4.78 is 5.66. The van der Waals surface area contributed by atoms with Crippen molar-refractivity contribution < 1.29 is 14.3 Å². The summed E-state index contributed by atoms with van der Waals surface area (Å²) in [5.41, 5.74) is 6.25. The van der Waals surface area contributed by atoms with Gasteiger partial charge in [-0.3, -0.25) is 4.79 Å². The molecule has 3 amide bonds. The summed E-state index contributed by atoms with van der Waals surface area (Å²) in [6.45, 7) is 2.84. The van der Waals surface area contributed by atoms with Crippen LogP contribution in [0.1, 0.15) is 5.56 Å². The normalized spacial score (nSPS) is 18.4. The van der Waals surface area contributed by atoms with Gasteiger partial charge in [-0.05, 0) is 12.6 Å². The number of benzene rings is 1. The molecule has 7 heteroatoms. The molecule has 1 aromatic carbocycles. The van der Waals surface area contributed by atoms with E-state index in [9.17, 15) is 9.59 Å². The molecule has 1 aliphatic rings. The predicted octanol–water partition coefficient (Wildman–Crippen LogP) is 0.0141. The molecular weight excluding hydrogens is 296 g/mol. The first kappa shape index (κ1) is 17.2. The number of hydrogen-bond donors (Lipinski definition) is 2. The molecule has 0 unspecified atom stereocenters. The molecule has 1 heterocycles. The Morgan fingerprint density at radius 2 is 2.13 bits per heavy atom. The molecule has 23 heavy (non-hydrogen) atoms. The van der Waals surface area contributed by atoms with E-state index in [1.165, 1.54) is 4.90 Å². The fraction of sp³-hybridized carbons (Fsp3) is 0.500. The van der Waals surface area contributed by atoms with Crippen molar-refractivity contribution in [2.75, 3.05) is 39.8 Å². The zero-order valence-electron chi connectivity index (χ0n) is 13.4. The molecule has 2 rings (SSSR count). The van der Waals surface area contributed by atoms with Gasteiger partial charge in [0.15, 0.2) is 0 Å². The topological polar surface area (TPSA) is 87.9 Å². The average molecular weight is 320 g/mol. The summed E-state index contributed by atoms with van der Waals surface area (Å²) in [6, 6.07) is 9.28. The monoisotopic (exact) mass is 320 g/mol. The van der Waals surface area contributed by atoms with E-state index in [2.05, 4.69) is 10.2 Å². The number of urea groups is 1. The fourth-order valence-corrected chi connectivity index (χ4v) is 2.52. The molecule has 3 N–H and O–H groups in total. The van der Waals surface area contributed by atoms with E-state index in [0.717, 1.165) is 18.7 Å². The van der Waals surface area contributed by atoms with Crippen LogP contribution in [0.15, 0.2) is 30.3 Å². The molecular formula is C16H24N4O3. The van der Waals surface area contributed by atoms with Crippen molar-refractivity contribution in [1.29, 1.82) is 0 Å². The van der Waals surface area contributed by atoms with Crippen LogP contribution < -0.4 is 11.1 Å². The largest absolute Gasteiger partial charge is 0.374 e. The van der Waals surface area contributed by atoms with Gasteiger partial charge in [0.2, 0.25) is 5.91 Å². The van der Waals surface area contributed by atoms with Crippen molar-refractivity contribution in [1.82, 2.24) is 15.1 Å². The maximum atomic E-state index is 12.3. The highest BCUT2D eigenvalue weighted by Gasteiger charge is 2.24. The predicted molar refractivity (Wildman–Crippen MR) is 86.7 cm³/mol. The highest BCUT2D eigenvalue weighted by molar-refractivity contribution is 5.82. The quantitative estimate of drug-likeness (QED) is 0.773. The van der Waals surface area contributed by atoms with Gasteiger partial charge >= 0.3 is 6.03 Å². The SMILES string of the molecule is CN1CCO[C@@H](CN(CC(N)=O)C(=O)NCc2ccccc2)C1. The lowest BCUT2D eigenvalue weighted by Crippen LogP contribution is -2.51. The van der Waals surface area contributed by atoms with Crippen LogP contribution in [0.3, 0.4) is 0 Å². The number of amides is 3. The minimum absolute atomic E-state index is 0.115. The lowest BCUT2D eigenvalue weighted by atomic mass is 10.2. The van der Waals surface area contributed by atoms with Gasteiger partial charge in [-0.15, -0.1) is 0 Å². The first-order chi connectivity index (χ1) is 11.0. The number of hydrogen-bond acceptors (Lipinski definition) is 4. The van der Waals surface area contributed by atoms with Crippen molar-refractivity contribution in [2.45, 2.75) is 12.6 Å². The maximum Gasteiger partial charge on any atom is 0.318 e. The Morgan fingerprint density at radius 1 is 1.39 bits per heavy atom. The molecule has 1 aliphatic heterocycles. The maximum absolute atomic E-state index is 12.3. The number of morpholine rings is 1. The van der Waals surface area contributed by atoms with Crippen LogP contribution >= 0.6 is 0 Å². The lowest BCUT2D eigenvalue weighted by molar-refractivity contribution is -0.119. The van der Waals surface area contributed by atoms with Crippen LogP contribution in [0, 0.1) is 0 Å². The Hall–Kier alpha value is -2.12. The first-order valence-corrected chi connectivity index (χ1v) is 7.69. The van der Waals surface area contributed by atoms with E-state index >= 15 is 0 Å². The van der Waals surface area contributed by atoms with Gasteiger partial charge in [-0.2, -0.15) is 0 Å². The molecule has 0 aliphatic carbocycles. The summed E-state index contributed by atoms with van der Waals surface area (Å²) in [6.07, 6.45) is -0.115. The fourth-order valence-electron chi connectivity index (χ4n) is 2.52. The molecule has 126 valence electrons. The lowest BCUT2D eigenvalue weighted by Gasteiger charge is -2.33. The number of likely N-dealkylation sites (N-methyl/N-ethyl adjacent to an activating group) is 1. The molecule has 0 aromatic heterocycles. The summed E-state index contributed by atoms with van der Waals surface area (Å²) in [5, 5.41) is 2.82. The second kappa shape index (κ2) is 8.50. The number of carbonyl (C=O) groups is 2. The zero-order chi connectivity index (χ0) is 16.7. The Balaban J connectivity index is 1.90. The molecule has 1 fully saturated rings. The smallest absolute Gasteiger partial charge is 0.318 e. The van der Waals surface area contributed by atoms with Crippen LogP contribution in [0.25, 0.3) is 0 Å². The van der Waals surface area contributed by atoms with Gasteiger partial charge in [-0.1, -0.05) is 30.3 Å². The Kier molecular flexibility index (Phi) is 6.37. The van der Waals surface area contributed by atoms with Crippen LogP contribution in [0.4, 0.5) is 4.79 Å². The van der Waals surface area contributed by atoms with Gasteiger partial charge < -0.3 is 25.6 Å². The summed E-state index contributed by atoms with van der Waals surface area (Å²) in [5.74, 6) is -0.538. The molecule has 1 saturated heterocycles. The molecule has 0 bridgehead atoms. The Labute approximate surface area is 136 Å². The number of nitrogens with one attached hydrogen (secondary N) is 1. The van der Waals surface area contributed by atoms with E-state index in [1.54, 1.807) is 0 Å². The van der Waals surface area contributed by atoms with E-state index < -0.39 is 5.91 Å². The Morgan fingerprint density at radius 3 is 2.78 bits per heavy atom. The second-order valence-corrected chi connectivity index (χ2v) is 5.75. The third-order valence-corrected chi connectivity index (χ3v) is 3.69. The number of primary amides is 1. The molecule has 7 nitrogen and oxygen atoms in total. The van der Waals surface area contributed by atoms with Crippen LogP contribution in [0.2, 0.25) is 0 Å². The highest BCUT2D eigenvalue weighted by Crippen LogP contribution is 2.06. The minimum Gasteiger partial charge on any atom is -0.374 e. The summed E-state index contributed by atoms with van der Waals surface area (Å²) in [7, 11) is 2.00. The number of carbonyl (C=O) groups excluding carboxylic acids is 2. The van der Waals surface area contributed by atoms with Crippen LogP contribution in [0.5, 0.6) is 0 Å². The third kappa shape index (κ3) is 5.88. The van der Waals surface area contributed by atoms with Crippen molar-refractivity contribution in [3.63, 3.8) is 0 Å². The first-order valence-electron chi connectivity index (χ1n) is 7.69. The van der Waals surface area contributed by atoms with Crippen LogP contribution in [-0.2, 0) is 16.1 Å². The minimum atomic E-state index is -0.538. The standard InChI is InChI=1S/C16H24N4O3/c1-19-7-8-23-14(10-19)11-20(12-15(17)21)16(22)18-9-13-5-3-2-4-6-13/h2-6,14H,7-12H2,1H3,(H2,17,21)(H,18,22)/t14-/m1/s1. The molecule has 1 aromatic rings. The number of ether oxygens (including phenoxy) is 1. The molecule has 0 radical (unpaired) electrons. The van der Waals surface area contributed by atoms with Crippen molar-refractivity contribution >= 4 is 11.9 Å². The van der Waals surface area contributed by atoms with Gasteiger partial charge in [0, 0.05) is 19.6 Å². The molecule has 0 spiro atoms. The van der Waals surface area contributed by atoms with E-state index in [1.807, 2.05) is 37.4 Å². The van der Waals surface area contributed by atoms with E-state index in [4.69, 9.17) is 10.5 Å². The van der Waals surface area contributed by atoms with Crippen molar-refractivity contribution in [3.8, 4) is 0 Å². The van der Waals surface area contributed by atoms with Crippen molar-refractivity contribution in [3.05, 3.63) is 35.9 Å². The third-order valence-electron chi connectivity index (χ3n) is 3.69. The molecule has 0 saturated carbocycles. The van der Waals surface area contributed by atoms with Gasteiger partial charge in [0.1, 0.15) is 6.54 Å². The summed E-state index contributed by atoms with van der Waals surface area (Å²) >= 11 is 0. The van der Waals surface area contributed by atoms with Gasteiger partial charge in [-0.25, -0.2) is 4.79 Å². The van der Waals surface area contributed by atoms with E-state index in [0.29, 0.717) is 19.7 Å². The number of nitrogens with two attached hydrogens (primary N) is 1. The van der Waals surface area contributed by atoms with Crippen LogP contribution in [-0.4, -0.2) is 67.7 Å². The second-order valence-electron chi connectivity index (χ2n) is 5.75. The summed E-state index contributed by atoms with van der Waals surface area (Å²) in [4.78, 5) is 27.1. The zero-order valence-corrected chi connectivity index (χ0v) is 13.4.